The molecule has 0 saturated heterocycles. The second kappa shape index (κ2) is 68.3. The molecule has 0 aromatic heterocycles. The van der Waals surface area contributed by atoms with Crippen LogP contribution >= 0.6 is 0 Å². The minimum absolute atomic E-state index is 0.00495. The van der Waals surface area contributed by atoms with Gasteiger partial charge in [-0.25, -0.2) is 0 Å². The van der Waals surface area contributed by atoms with Crippen LogP contribution in [0.1, 0.15) is 380 Å². The summed E-state index contributed by atoms with van der Waals surface area (Å²) >= 11 is 0. The first-order chi connectivity index (χ1) is 39.0. The summed E-state index contributed by atoms with van der Waals surface area (Å²) in [5, 5.41) is 23.1. The topological polar surface area (TPSA) is 95.9 Å². The van der Waals surface area contributed by atoms with Crippen molar-refractivity contribution >= 4 is 11.9 Å². The summed E-state index contributed by atoms with van der Waals surface area (Å²) in [4.78, 5) is 24.5. The Bertz CT molecular complexity index is 1320. The van der Waals surface area contributed by atoms with E-state index in [9.17, 15) is 19.8 Å². The molecular formula is C73H137NO5. The van der Waals surface area contributed by atoms with Gasteiger partial charge in [0.15, 0.2) is 0 Å². The molecule has 0 spiro atoms. The standard InChI is InChI=1S/C73H137NO5/c1-3-5-7-9-11-13-15-17-18-39-43-47-51-55-59-63-67-73(78)79-68-64-60-56-52-48-44-40-37-35-33-31-29-27-25-23-21-19-20-22-24-26-28-30-32-34-36-38-42-46-50-54-58-62-66-72(77)74-70(69-75)71(76)65-61-57-53-49-45-41-16-14-12-10-8-6-4-2/h13,15,18,23,25,39,61,65,70-71,75-76H,3-12,14,16-17,19-22,24,26-38,40-60,62-64,66-69H2,1-2H3,(H,74,77)/b15-13-,25-23-,39-18-,65-61+. The molecule has 0 bridgehead atoms. The molecule has 0 fully saturated rings. The molecular weight excluding hydrogens is 971 g/mol. The number of esters is 1. The molecule has 0 aromatic rings. The lowest BCUT2D eigenvalue weighted by Gasteiger charge is -2.20. The molecule has 0 heterocycles. The summed E-state index contributed by atoms with van der Waals surface area (Å²) < 4.78 is 5.49. The van der Waals surface area contributed by atoms with Crippen LogP contribution in [0, 0.1) is 0 Å². The number of hydrogen-bond acceptors (Lipinski definition) is 5. The fourth-order valence-electron chi connectivity index (χ4n) is 10.9. The summed E-state index contributed by atoms with van der Waals surface area (Å²) in [6, 6.07) is -0.625. The smallest absolute Gasteiger partial charge is 0.305 e. The van der Waals surface area contributed by atoms with Crippen LogP contribution in [0.2, 0.25) is 0 Å². The highest BCUT2D eigenvalue weighted by molar-refractivity contribution is 5.76. The van der Waals surface area contributed by atoms with E-state index < -0.39 is 12.1 Å². The maximum atomic E-state index is 12.5. The fourth-order valence-corrected chi connectivity index (χ4v) is 10.9. The lowest BCUT2D eigenvalue weighted by atomic mass is 10.0. The first kappa shape index (κ1) is 76.8. The predicted octanol–water partition coefficient (Wildman–Crippen LogP) is 22.9. The molecule has 2 unspecified atom stereocenters. The van der Waals surface area contributed by atoms with Crippen LogP contribution in [-0.4, -0.2) is 47.4 Å². The first-order valence-corrected chi connectivity index (χ1v) is 35.4. The molecule has 0 aliphatic heterocycles. The van der Waals surface area contributed by atoms with Crippen molar-refractivity contribution in [2.45, 2.75) is 392 Å². The molecule has 0 aromatic carbocycles. The maximum absolute atomic E-state index is 12.5. The molecule has 0 aliphatic rings. The number of carbonyl (C=O) groups is 2. The number of allylic oxidation sites excluding steroid dienone is 7. The van der Waals surface area contributed by atoms with Gasteiger partial charge in [-0.05, 0) is 89.9 Å². The molecule has 464 valence electrons. The van der Waals surface area contributed by atoms with Crippen LogP contribution in [0.25, 0.3) is 0 Å². The van der Waals surface area contributed by atoms with E-state index in [1.807, 2.05) is 6.08 Å². The number of unbranched alkanes of at least 4 members (excludes halogenated alkanes) is 49. The van der Waals surface area contributed by atoms with Crippen LogP contribution in [0.3, 0.4) is 0 Å². The van der Waals surface area contributed by atoms with Crippen LogP contribution in [0.5, 0.6) is 0 Å². The zero-order valence-corrected chi connectivity index (χ0v) is 53.1. The summed E-state index contributed by atoms with van der Waals surface area (Å²) in [6.45, 7) is 4.90. The Morgan fingerprint density at radius 3 is 0.987 bits per heavy atom. The average molecular weight is 1110 g/mol. The number of hydrogen-bond donors (Lipinski definition) is 3. The van der Waals surface area contributed by atoms with Gasteiger partial charge in [0.1, 0.15) is 0 Å². The Morgan fingerprint density at radius 2 is 0.633 bits per heavy atom. The SMILES string of the molecule is CCCCCC/C=C\C/C=C\CCCCCCCC(=O)OCCCCCCCCCCCCCC/C=C\CCCCCCCCCCCCCCCCCCCC(=O)NC(CO)C(O)/C=C/CCCCCCCCCCCCC. The molecule has 0 aliphatic carbocycles. The molecule has 6 heteroatoms. The molecule has 0 saturated carbocycles. The number of amides is 1. The lowest BCUT2D eigenvalue weighted by molar-refractivity contribution is -0.143. The van der Waals surface area contributed by atoms with E-state index in [1.165, 1.54) is 302 Å². The van der Waals surface area contributed by atoms with Crippen molar-refractivity contribution in [3.8, 4) is 0 Å². The predicted molar refractivity (Wildman–Crippen MR) is 347 cm³/mol. The Labute approximate surface area is 493 Å². The van der Waals surface area contributed by atoms with Gasteiger partial charge in [-0.3, -0.25) is 9.59 Å². The maximum Gasteiger partial charge on any atom is 0.305 e. The highest BCUT2D eigenvalue weighted by Crippen LogP contribution is 2.18. The summed E-state index contributed by atoms with van der Waals surface area (Å²) in [6.07, 6.45) is 89.1. The van der Waals surface area contributed by atoms with Gasteiger partial charge in [0.05, 0.1) is 25.4 Å². The van der Waals surface area contributed by atoms with E-state index in [0.29, 0.717) is 19.4 Å². The van der Waals surface area contributed by atoms with Crippen molar-refractivity contribution in [3.05, 3.63) is 48.6 Å². The van der Waals surface area contributed by atoms with Gasteiger partial charge in [-0.1, -0.05) is 326 Å². The van der Waals surface area contributed by atoms with E-state index >= 15 is 0 Å². The molecule has 3 N–H and O–H groups in total. The Hall–Kier alpha value is -2.18. The first-order valence-electron chi connectivity index (χ1n) is 35.4. The number of carbonyl (C=O) groups excluding carboxylic acids is 2. The van der Waals surface area contributed by atoms with Crippen molar-refractivity contribution in [2.75, 3.05) is 13.2 Å². The van der Waals surface area contributed by atoms with Crippen molar-refractivity contribution in [1.29, 1.82) is 0 Å². The average Bonchev–Trinajstić information content (AvgIpc) is 3.45. The van der Waals surface area contributed by atoms with Gasteiger partial charge in [-0.2, -0.15) is 0 Å². The van der Waals surface area contributed by atoms with E-state index in [2.05, 4.69) is 55.6 Å². The number of nitrogens with one attached hydrogen (secondary N) is 1. The van der Waals surface area contributed by atoms with Gasteiger partial charge in [0.25, 0.3) is 0 Å². The highest BCUT2D eigenvalue weighted by atomic mass is 16.5. The van der Waals surface area contributed by atoms with E-state index in [1.54, 1.807) is 6.08 Å². The molecule has 79 heavy (non-hydrogen) atoms. The molecule has 0 rings (SSSR count). The van der Waals surface area contributed by atoms with Crippen LogP contribution in [0.4, 0.5) is 0 Å². The van der Waals surface area contributed by atoms with E-state index in [4.69, 9.17) is 4.74 Å². The van der Waals surface area contributed by atoms with E-state index in [0.717, 1.165) is 51.4 Å². The molecule has 6 nitrogen and oxygen atoms in total. The van der Waals surface area contributed by atoms with Crippen LogP contribution in [0.15, 0.2) is 48.6 Å². The van der Waals surface area contributed by atoms with Gasteiger partial charge >= 0.3 is 5.97 Å². The number of rotatable bonds is 66. The zero-order valence-electron chi connectivity index (χ0n) is 53.1. The van der Waals surface area contributed by atoms with Gasteiger partial charge in [0.2, 0.25) is 5.91 Å². The largest absolute Gasteiger partial charge is 0.466 e. The Balaban J connectivity index is 3.36. The fraction of sp³-hybridized carbons (Fsp3) is 0.863. The van der Waals surface area contributed by atoms with Gasteiger partial charge < -0.3 is 20.3 Å². The van der Waals surface area contributed by atoms with Crippen molar-refractivity contribution in [2.24, 2.45) is 0 Å². The molecule has 2 atom stereocenters. The van der Waals surface area contributed by atoms with Crippen LogP contribution < -0.4 is 5.32 Å². The van der Waals surface area contributed by atoms with Crippen LogP contribution in [-0.2, 0) is 14.3 Å². The van der Waals surface area contributed by atoms with Gasteiger partial charge in [0, 0.05) is 12.8 Å². The van der Waals surface area contributed by atoms with Crippen molar-refractivity contribution in [1.82, 2.24) is 5.32 Å². The third-order valence-electron chi connectivity index (χ3n) is 16.3. The second-order valence-electron chi connectivity index (χ2n) is 24.2. The number of ether oxygens (including phenoxy) is 1. The summed E-state index contributed by atoms with van der Waals surface area (Å²) in [7, 11) is 0. The second-order valence-corrected chi connectivity index (χ2v) is 24.2. The molecule has 1 amide bonds. The Morgan fingerprint density at radius 1 is 0.354 bits per heavy atom. The van der Waals surface area contributed by atoms with Gasteiger partial charge in [-0.15, -0.1) is 0 Å². The quantitative estimate of drug-likeness (QED) is 0.0320. The lowest BCUT2D eigenvalue weighted by Crippen LogP contribution is -2.45. The Kier molecular flexibility index (Phi) is 66.4. The number of aliphatic hydroxyl groups excluding tert-OH is 2. The minimum atomic E-state index is -0.842. The summed E-state index contributed by atoms with van der Waals surface area (Å²) in [5.41, 5.74) is 0. The normalized spacial score (nSPS) is 12.8. The highest BCUT2D eigenvalue weighted by Gasteiger charge is 2.18. The van der Waals surface area contributed by atoms with Crippen molar-refractivity contribution < 1.29 is 24.5 Å². The number of aliphatic hydroxyl groups is 2. The zero-order chi connectivity index (χ0) is 57.1. The monoisotopic (exact) mass is 1110 g/mol. The summed E-state index contributed by atoms with van der Waals surface area (Å²) in [5.74, 6) is -0.0591. The van der Waals surface area contributed by atoms with E-state index in [-0.39, 0.29) is 18.5 Å². The molecule has 0 radical (unpaired) electrons. The van der Waals surface area contributed by atoms with Crippen molar-refractivity contribution in [3.63, 3.8) is 0 Å². The minimum Gasteiger partial charge on any atom is -0.466 e. The third-order valence-corrected chi connectivity index (χ3v) is 16.3. The third kappa shape index (κ3) is 64.8.